The molecule has 0 fully saturated rings. The normalized spacial score (nSPS) is 10.4. The number of halogens is 1. The molecule has 2 rings (SSSR count). The van der Waals surface area contributed by atoms with Crippen LogP contribution >= 0.6 is 0 Å². The molecule has 4 heteroatoms. The zero-order chi connectivity index (χ0) is 11.4. The van der Waals surface area contributed by atoms with Gasteiger partial charge in [0.15, 0.2) is 0 Å². The number of nitrogens with zero attached hydrogens (tertiary/aromatic N) is 1. The molecule has 0 radical (unpaired) electrons. The zero-order valence-electron chi connectivity index (χ0n) is 9.13. The summed E-state index contributed by atoms with van der Waals surface area (Å²) in [5, 5.41) is 3.11. The van der Waals surface area contributed by atoms with E-state index in [1.54, 1.807) is 6.07 Å². The van der Waals surface area contributed by atoms with E-state index in [0.717, 1.165) is 23.6 Å². The third-order valence-corrected chi connectivity index (χ3v) is 2.35. The van der Waals surface area contributed by atoms with E-state index in [4.69, 9.17) is 0 Å². The SMILES string of the molecule is CCc1cnc(CNc2cccc(F)c2)[nH]1. The third kappa shape index (κ3) is 2.59. The Balaban J connectivity index is 1.96. The summed E-state index contributed by atoms with van der Waals surface area (Å²) in [6.45, 7) is 2.64. The van der Waals surface area contributed by atoms with Crippen LogP contribution in [0.15, 0.2) is 30.5 Å². The van der Waals surface area contributed by atoms with Crippen molar-refractivity contribution in [2.75, 3.05) is 5.32 Å². The van der Waals surface area contributed by atoms with Gasteiger partial charge >= 0.3 is 0 Å². The van der Waals surface area contributed by atoms with Crippen LogP contribution in [0, 0.1) is 5.82 Å². The van der Waals surface area contributed by atoms with Crippen LogP contribution in [0.25, 0.3) is 0 Å². The Morgan fingerprint density at radius 1 is 1.44 bits per heavy atom. The van der Waals surface area contributed by atoms with Gasteiger partial charge in [0, 0.05) is 17.6 Å². The van der Waals surface area contributed by atoms with Crippen LogP contribution in [0.3, 0.4) is 0 Å². The standard InChI is InChI=1S/C12H14FN3/c1-2-10-7-15-12(16-10)8-14-11-5-3-4-9(13)6-11/h3-7,14H,2,8H2,1H3,(H,15,16). The maximum absolute atomic E-state index is 12.9. The van der Waals surface area contributed by atoms with Crippen LogP contribution in [0.1, 0.15) is 18.4 Å². The average Bonchev–Trinajstić information content (AvgIpc) is 2.74. The molecule has 0 aliphatic carbocycles. The predicted molar refractivity (Wildman–Crippen MR) is 61.7 cm³/mol. The Hall–Kier alpha value is -1.84. The largest absolute Gasteiger partial charge is 0.378 e. The van der Waals surface area contributed by atoms with Crippen molar-refractivity contribution in [1.29, 1.82) is 0 Å². The van der Waals surface area contributed by atoms with Crippen LogP contribution in [-0.4, -0.2) is 9.97 Å². The molecule has 0 unspecified atom stereocenters. The zero-order valence-corrected chi connectivity index (χ0v) is 9.13. The fourth-order valence-electron chi connectivity index (χ4n) is 1.46. The number of benzene rings is 1. The monoisotopic (exact) mass is 219 g/mol. The highest BCUT2D eigenvalue weighted by Gasteiger charge is 1.99. The van der Waals surface area contributed by atoms with Gasteiger partial charge in [-0.15, -0.1) is 0 Å². The van der Waals surface area contributed by atoms with Gasteiger partial charge in [-0.25, -0.2) is 9.37 Å². The Morgan fingerprint density at radius 2 is 2.31 bits per heavy atom. The highest BCUT2D eigenvalue weighted by atomic mass is 19.1. The molecule has 0 amide bonds. The van der Waals surface area contributed by atoms with Crippen LogP contribution in [-0.2, 0) is 13.0 Å². The van der Waals surface area contributed by atoms with E-state index in [2.05, 4.69) is 22.2 Å². The molecule has 2 aromatic rings. The number of rotatable bonds is 4. The van der Waals surface area contributed by atoms with Crippen molar-refractivity contribution >= 4 is 5.69 Å². The fraction of sp³-hybridized carbons (Fsp3) is 0.250. The van der Waals surface area contributed by atoms with Crippen molar-refractivity contribution in [3.8, 4) is 0 Å². The minimum absolute atomic E-state index is 0.237. The van der Waals surface area contributed by atoms with Gasteiger partial charge in [-0.05, 0) is 24.6 Å². The molecule has 0 bridgehead atoms. The molecule has 1 heterocycles. The summed E-state index contributed by atoms with van der Waals surface area (Å²) >= 11 is 0. The first-order chi connectivity index (χ1) is 7.78. The number of hydrogen-bond acceptors (Lipinski definition) is 2. The van der Waals surface area contributed by atoms with Crippen LogP contribution in [0.4, 0.5) is 10.1 Å². The second kappa shape index (κ2) is 4.79. The molecule has 0 saturated heterocycles. The molecule has 1 aromatic heterocycles. The van der Waals surface area contributed by atoms with E-state index >= 15 is 0 Å². The van der Waals surface area contributed by atoms with E-state index in [0.29, 0.717) is 6.54 Å². The molecule has 0 spiro atoms. The van der Waals surface area contributed by atoms with Crippen molar-refractivity contribution in [3.05, 3.63) is 47.8 Å². The van der Waals surface area contributed by atoms with Gasteiger partial charge < -0.3 is 10.3 Å². The Kier molecular flexibility index (Phi) is 3.19. The Morgan fingerprint density at radius 3 is 3.00 bits per heavy atom. The number of aromatic amines is 1. The second-order valence-corrected chi connectivity index (χ2v) is 3.57. The number of nitrogens with one attached hydrogen (secondary N) is 2. The predicted octanol–water partition coefficient (Wildman–Crippen LogP) is 2.72. The first-order valence-electron chi connectivity index (χ1n) is 5.30. The summed E-state index contributed by atoms with van der Waals surface area (Å²) in [4.78, 5) is 7.39. The summed E-state index contributed by atoms with van der Waals surface area (Å²) in [7, 11) is 0. The number of hydrogen-bond donors (Lipinski definition) is 2. The quantitative estimate of drug-likeness (QED) is 0.830. The van der Waals surface area contributed by atoms with Crippen molar-refractivity contribution in [2.45, 2.75) is 19.9 Å². The maximum Gasteiger partial charge on any atom is 0.125 e. The lowest BCUT2D eigenvalue weighted by molar-refractivity contribution is 0.628. The fourth-order valence-corrected chi connectivity index (χ4v) is 1.46. The summed E-state index contributed by atoms with van der Waals surface area (Å²) in [6.07, 6.45) is 2.76. The topological polar surface area (TPSA) is 40.7 Å². The molecule has 0 aliphatic heterocycles. The van der Waals surface area contributed by atoms with E-state index in [9.17, 15) is 4.39 Å². The van der Waals surface area contributed by atoms with Crippen LogP contribution in [0.5, 0.6) is 0 Å². The number of aryl methyl sites for hydroxylation is 1. The molecule has 2 N–H and O–H groups in total. The maximum atomic E-state index is 12.9. The molecule has 84 valence electrons. The summed E-state index contributed by atoms with van der Waals surface area (Å²) < 4.78 is 12.9. The number of anilines is 1. The van der Waals surface area contributed by atoms with Crippen LogP contribution < -0.4 is 5.32 Å². The molecule has 16 heavy (non-hydrogen) atoms. The van der Waals surface area contributed by atoms with Gasteiger partial charge in [-0.1, -0.05) is 13.0 Å². The van der Waals surface area contributed by atoms with Gasteiger partial charge in [0.2, 0.25) is 0 Å². The smallest absolute Gasteiger partial charge is 0.125 e. The van der Waals surface area contributed by atoms with E-state index < -0.39 is 0 Å². The highest BCUT2D eigenvalue weighted by molar-refractivity contribution is 5.43. The van der Waals surface area contributed by atoms with E-state index in [-0.39, 0.29) is 5.82 Å². The summed E-state index contributed by atoms with van der Waals surface area (Å²) in [5.41, 5.74) is 1.87. The van der Waals surface area contributed by atoms with Crippen molar-refractivity contribution in [2.24, 2.45) is 0 Å². The van der Waals surface area contributed by atoms with Gasteiger partial charge in [0.25, 0.3) is 0 Å². The second-order valence-electron chi connectivity index (χ2n) is 3.57. The Labute approximate surface area is 93.7 Å². The molecular weight excluding hydrogens is 205 g/mol. The van der Waals surface area contributed by atoms with Crippen molar-refractivity contribution in [3.63, 3.8) is 0 Å². The third-order valence-electron chi connectivity index (χ3n) is 2.35. The highest BCUT2D eigenvalue weighted by Crippen LogP contribution is 2.10. The molecule has 3 nitrogen and oxygen atoms in total. The molecule has 0 aliphatic rings. The van der Waals surface area contributed by atoms with Crippen molar-refractivity contribution in [1.82, 2.24) is 9.97 Å². The number of aromatic nitrogens is 2. The molecule has 0 saturated carbocycles. The molecular formula is C12H14FN3. The number of H-pyrrole nitrogens is 1. The molecule has 1 aromatic carbocycles. The first kappa shape index (κ1) is 10.7. The Bertz CT molecular complexity index is 465. The number of imidazole rings is 1. The first-order valence-corrected chi connectivity index (χ1v) is 5.30. The lowest BCUT2D eigenvalue weighted by atomic mass is 10.3. The average molecular weight is 219 g/mol. The van der Waals surface area contributed by atoms with Gasteiger partial charge in [0.1, 0.15) is 11.6 Å². The van der Waals surface area contributed by atoms with Gasteiger partial charge in [-0.3, -0.25) is 0 Å². The lowest BCUT2D eigenvalue weighted by Crippen LogP contribution is -2.01. The van der Waals surface area contributed by atoms with E-state index in [1.807, 2.05) is 12.3 Å². The summed E-state index contributed by atoms with van der Waals surface area (Å²) in [5.74, 6) is 0.625. The van der Waals surface area contributed by atoms with Crippen LogP contribution in [0.2, 0.25) is 0 Å². The minimum Gasteiger partial charge on any atom is -0.378 e. The van der Waals surface area contributed by atoms with E-state index in [1.165, 1.54) is 12.1 Å². The molecule has 0 atom stereocenters. The lowest BCUT2D eigenvalue weighted by Gasteiger charge is -2.03. The van der Waals surface area contributed by atoms with Gasteiger partial charge in [-0.2, -0.15) is 0 Å². The van der Waals surface area contributed by atoms with Gasteiger partial charge in [0.05, 0.1) is 6.54 Å². The minimum atomic E-state index is -0.237. The summed E-state index contributed by atoms with van der Waals surface area (Å²) in [6, 6.07) is 6.39. The van der Waals surface area contributed by atoms with Crippen molar-refractivity contribution < 1.29 is 4.39 Å².